The van der Waals surface area contributed by atoms with Gasteiger partial charge in [0.15, 0.2) is 0 Å². The second kappa shape index (κ2) is 7.50. The molecule has 1 aromatic heterocycles. The summed E-state index contributed by atoms with van der Waals surface area (Å²) >= 11 is 0. The number of amides is 1. The minimum atomic E-state index is -0.138. The molecule has 1 N–H and O–H groups in total. The van der Waals surface area contributed by atoms with Crippen LogP contribution in [0.25, 0.3) is 6.08 Å². The molecule has 0 atom stereocenters. The van der Waals surface area contributed by atoms with E-state index in [1.807, 2.05) is 38.1 Å². The van der Waals surface area contributed by atoms with Gasteiger partial charge in [-0.15, -0.1) is 0 Å². The Balaban J connectivity index is 1.84. The summed E-state index contributed by atoms with van der Waals surface area (Å²) in [5.74, 6) is 2.21. The van der Waals surface area contributed by atoms with E-state index in [1.165, 1.54) is 11.6 Å². The first-order valence-corrected chi connectivity index (χ1v) is 7.24. The molecule has 0 unspecified atom stereocenters. The number of furan rings is 1. The van der Waals surface area contributed by atoms with Gasteiger partial charge in [0.2, 0.25) is 5.91 Å². The van der Waals surface area contributed by atoms with Crippen LogP contribution in [0.5, 0.6) is 5.75 Å². The van der Waals surface area contributed by atoms with Crippen molar-refractivity contribution in [2.45, 2.75) is 20.3 Å². The summed E-state index contributed by atoms with van der Waals surface area (Å²) in [5, 5.41) is 2.86. The number of hydrogen-bond donors (Lipinski definition) is 1. The number of benzene rings is 1. The predicted molar refractivity (Wildman–Crippen MR) is 86.9 cm³/mol. The van der Waals surface area contributed by atoms with E-state index < -0.39 is 0 Å². The van der Waals surface area contributed by atoms with Crippen molar-refractivity contribution in [3.05, 3.63) is 59.1 Å². The summed E-state index contributed by atoms with van der Waals surface area (Å²) in [5.41, 5.74) is 2.27. The molecule has 0 spiro atoms. The molecule has 116 valence electrons. The van der Waals surface area contributed by atoms with Gasteiger partial charge in [0, 0.05) is 12.6 Å². The number of ether oxygens (including phenoxy) is 1. The topological polar surface area (TPSA) is 51.5 Å². The van der Waals surface area contributed by atoms with Gasteiger partial charge in [0.25, 0.3) is 0 Å². The fourth-order valence-corrected chi connectivity index (χ4v) is 2.18. The maximum atomic E-state index is 11.8. The normalized spacial score (nSPS) is 10.9. The van der Waals surface area contributed by atoms with E-state index in [0.717, 1.165) is 23.5 Å². The van der Waals surface area contributed by atoms with Gasteiger partial charge in [0.1, 0.15) is 17.3 Å². The van der Waals surface area contributed by atoms with Crippen molar-refractivity contribution in [3.63, 3.8) is 0 Å². The Morgan fingerprint density at radius 2 is 2.09 bits per heavy atom. The lowest BCUT2D eigenvalue weighted by Crippen LogP contribution is -2.23. The Bertz CT molecular complexity index is 671. The highest BCUT2D eigenvalue weighted by Gasteiger charge is 2.04. The van der Waals surface area contributed by atoms with Crippen molar-refractivity contribution >= 4 is 12.0 Å². The van der Waals surface area contributed by atoms with E-state index in [2.05, 4.69) is 11.4 Å². The Morgan fingerprint density at radius 3 is 2.77 bits per heavy atom. The van der Waals surface area contributed by atoms with Crippen LogP contribution in [0.1, 0.15) is 22.6 Å². The number of carbonyl (C=O) groups is 1. The predicted octanol–water partition coefficient (Wildman–Crippen LogP) is 3.28. The largest absolute Gasteiger partial charge is 0.496 e. The van der Waals surface area contributed by atoms with Crippen molar-refractivity contribution in [1.82, 2.24) is 5.32 Å². The fourth-order valence-electron chi connectivity index (χ4n) is 2.18. The number of nitrogens with one attached hydrogen (secondary N) is 1. The van der Waals surface area contributed by atoms with Crippen LogP contribution in [0, 0.1) is 13.8 Å². The molecule has 0 aliphatic carbocycles. The third kappa shape index (κ3) is 4.52. The zero-order chi connectivity index (χ0) is 15.9. The molecule has 0 saturated heterocycles. The van der Waals surface area contributed by atoms with Gasteiger partial charge in [-0.3, -0.25) is 4.79 Å². The lowest BCUT2D eigenvalue weighted by atomic mass is 10.1. The molecule has 0 radical (unpaired) electrons. The van der Waals surface area contributed by atoms with Crippen molar-refractivity contribution in [1.29, 1.82) is 0 Å². The number of aryl methyl sites for hydroxylation is 2. The Morgan fingerprint density at radius 1 is 1.27 bits per heavy atom. The zero-order valence-corrected chi connectivity index (χ0v) is 13.2. The molecular formula is C18H21NO3. The van der Waals surface area contributed by atoms with Gasteiger partial charge in [-0.05, 0) is 50.1 Å². The standard InChI is InChI=1S/C18H21NO3/c1-13-4-8-17(21-3)15(12-13)10-11-19-18(20)9-7-16-6-5-14(2)22-16/h4-9,12H,10-11H2,1-3H3,(H,19,20)/b9-7+. The summed E-state index contributed by atoms with van der Waals surface area (Å²) in [7, 11) is 1.65. The van der Waals surface area contributed by atoms with E-state index in [4.69, 9.17) is 9.15 Å². The highest BCUT2D eigenvalue weighted by atomic mass is 16.5. The van der Waals surface area contributed by atoms with Crippen LogP contribution < -0.4 is 10.1 Å². The summed E-state index contributed by atoms with van der Waals surface area (Å²) in [6.07, 6.45) is 3.87. The maximum Gasteiger partial charge on any atom is 0.244 e. The average Bonchev–Trinajstić information content (AvgIpc) is 2.91. The van der Waals surface area contributed by atoms with Crippen LogP contribution in [-0.4, -0.2) is 19.6 Å². The third-order valence-electron chi connectivity index (χ3n) is 3.29. The summed E-state index contributed by atoms with van der Waals surface area (Å²) in [6.45, 7) is 4.46. The minimum Gasteiger partial charge on any atom is -0.496 e. The SMILES string of the molecule is COc1ccc(C)cc1CCNC(=O)/C=C/c1ccc(C)o1. The molecule has 0 aliphatic heterocycles. The quantitative estimate of drug-likeness (QED) is 0.833. The molecule has 22 heavy (non-hydrogen) atoms. The Hall–Kier alpha value is -2.49. The van der Waals surface area contributed by atoms with E-state index in [1.54, 1.807) is 13.2 Å². The molecule has 0 bridgehead atoms. The van der Waals surface area contributed by atoms with Crippen molar-refractivity contribution in [2.24, 2.45) is 0 Å². The molecule has 0 aliphatic rings. The number of carbonyl (C=O) groups excluding carboxylic acids is 1. The van der Waals surface area contributed by atoms with Gasteiger partial charge in [-0.25, -0.2) is 0 Å². The summed E-state index contributed by atoms with van der Waals surface area (Å²) in [6, 6.07) is 9.73. The molecule has 0 fully saturated rings. The smallest absolute Gasteiger partial charge is 0.244 e. The number of methoxy groups -OCH3 is 1. The molecular weight excluding hydrogens is 278 g/mol. The molecule has 2 aromatic rings. The lowest BCUT2D eigenvalue weighted by molar-refractivity contribution is -0.116. The Labute approximate surface area is 130 Å². The molecule has 1 aromatic carbocycles. The number of rotatable bonds is 6. The van der Waals surface area contributed by atoms with E-state index in [9.17, 15) is 4.79 Å². The second-order valence-corrected chi connectivity index (χ2v) is 5.14. The number of hydrogen-bond acceptors (Lipinski definition) is 3. The second-order valence-electron chi connectivity index (χ2n) is 5.14. The van der Waals surface area contributed by atoms with Gasteiger partial charge < -0.3 is 14.5 Å². The zero-order valence-electron chi connectivity index (χ0n) is 13.2. The van der Waals surface area contributed by atoms with Crippen molar-refractivity contribution < 1.29 is 13.9 Å². The van der Waals surface area contributed by atoms with Crippen LogP contribution in [0.4, 0.5) is 0 Å². The van der Waals surface area contributed by atoms with Crippen LogP contribution in [0.3, 0.4) is 0 Å². The molecule has 4 nitrogen and oxygen atoms in total. The van der Waals surface area contributed by atoms with Crippen molar-refractivity contribution in [2.75, 3.05) is 13.7 Å². The van der Waals surface area contributed by atoms with Gasteiger partial charge in [-0.1, -0.05) is 17.7 Å². The van der Waals surface area contributed by atoms with Crippen LogP contribution in [0.15, 0.2) is 40.8 Å². The minimum absolute atomic E-state index is 0.138. The highest BCUT2D eigenvalue weighted by Crippen LogP contribution is 2.19. The molecule has 1 heterocycles. The summed E-state index contributed by atoms with van der Waals surface area (Å²) in [4.78, 5) is 11.8. The molecule has 2 rings (SSSR count). The monoisotopic (exact) mass is 299 g/mol. The van der Waals surface area contributed by atoms with E-state index in [-0.39, 0.29) is 5.91 Å². The average molecular weight is 299 g/mol. The van der Waals surface area contributed by atoms with E-state index in [0.29, 0.717) is 12.3 Å². The van der Waals surface area contributed by atoms with E-state index >= 15 is 0 Å². The first-order valence-electron chi connectivity index (χ1n) is 7.24. The maximum absolute atomic E-state index is 11.8. The third-order valence-corrected chi connectivity index (χ3v) is 3.29. The molecule has 4 heteroatoms. The first kappa shape index (κ1) is 15.9. The molecule has 1 amide bonds. The van der Waals surface area contributed by atoms with Crippen LogP contribution in [-0.2, 0) is 11.2 Å². The first-order chi connectivity index (χ1) is 10.6. The summed E-state index contributed by atoms with van der Waals surface area (Å²) < 4.78 is 10.7. The Kier molecular flexibility index (Phi) is 5.42. The highest BCUT2D eigenvalue weighted by molar-refractivity contribution is 5.91. The molecule has 0 saturated carbocycles. The fraction of sp³-hybridized carbons (Fsp3) is 0.278. The van der Waals surface area contributed by atoms with Crippen LogP contribution >= 0.6 is 0 Å². The lowest BCUT2D eigenvalue weighted by Gasteiger charge is -2.09. The van der Waals surface area contributed by atoms with Gasteiger partial charge in [0.05, 0.1) is 7.11 Å². The van der Waals surface area contributed by atoms with Crippen LogP contribution in [0.2, 0.25) is 0 Å². The van der Waals surface area contributed by atoms with Gasteiger partial charge >= 0.3 is 0 Å². The van der Waals surface area contributed by atoms with Crippen molar-refractivity contribution in [3.8, 4) is 5.75 Å². The van der Waals surface area contributed by atoms with Gasteiger partial charge in [-0.2, -0.15) is 0 Å².